The van der Waals surface area contributed by atoms with Crippen LogP contribution in [0.15, 0.2) is 0 Å². The van der Waals surface area contributed by atoms with Crippen molar-refractivity contribution in [3.63, 3.8) is 0 Å². The van der Waals surface area contributed by atoms with Gasteiger partial charge in [0.15, 0.2) is 0 Å². The Hall–Kier alpha value is 2.07. The third-order valence-electron chi connectivity index (χ3n) is 4.02. The molecule has 0 N–H and O–H groups in total. The summed E-state index contributed by atoms with van der Waals surface area (Å²) in [6.45, 7) is 9.96. The van der Waals surface area contributed by atoms with Gasteiger partial charge in [0.05, 0.1) is 0 Å². The van der Waals surface area contributed by atoms with E-state index in [1.165, 1.54) is 0 Å². The number of fused-ring (bicyclic) bond motifs is 1. The average Bonchev–Trinajstić information content (AvgIpc) is 2.24. The first kappa shape index (κ1) is 18.4. The van der Waals surface area contributed by atoms with Gasteiger partial charge in [-0.2, -0.15) is 0 Å². The van der Waals surface area contributed by atoms with Crippen LogP contribution in [0.25, 0.3) is 0 Å². The molecule has 0 radical (unpaired) electrons. The maximum atomic E-state index is 15.6. The van der Waals surface area contributed by atoms with Crippen molar-refractivity contribution < 1.29 is 4.39 Å². The third kappa shape index (κ3) is 2.91. The van der Waals surface area contributed by atoms with Gasteiger partial charge >= 0.3 is 184 Å². The monoisotopic (exact) mass is 527 g/mol. The Bertz CT molecular complexity index is 549. The Morgan fingerprint density at radius 3 is 2.40 bits per heavy atom. The summed E-state index contributed by atoms with van der Waals surface area (Å²) in [5.74, 6) is -1.54. The van der Waals surface area contributed by atoms with E-state index in [0.29, 0.717) is 58.5 Å². The summed E-state index contributed by atoms with van der Waals surface area (Å²) in [7, 11) is 0. The molecule has 0 amide bonds. The molecule has 0 aromatic carbocycles. The van der Waals surface area contributed by atoms with E-state index in [4.69, 9.17) is 0 Å². The van der Waals surface area contributed by atoms with Gasteiger partial charge in [0.1, 0.15) is 0 Å². The third-order valence-corrected chi connectivity index (χ3v) is 10.1. The first-order chi connectivity index (χ1) is 9.01. The van der Waals surface area contributed by atoms with Crippen molar-refractivity contribution in [3.8, 4) is 0 Å². The molecular formula is C13H17FI2KN3. The van der Waals surface area contributed by atoms with Crippen molar-refractivity contribution in [3.05, 3.63) is 20.8 Å². The number of aromatic nitrogens is 2. The van der Waals surface area contributed by atoms with Crippen LogP contribution in [0.5, 0.6) is 0 Å². The second-order valence-electron chi connectivity index (χ2n) is 6.31. The van der Waals surface area contributed by atoms with Gasteiger partial charge in [0.25, 0.3) is 0 Å². The number of nitrogens with zero attached hydrogens (tertiary/aromatic N) is 3. The minimum atomic E-state index is -1.54. The number of hydrogen-bond donors (Lipinski definition) is 0. The van der Waals surface area contributed by atoms with Crippen molar-refractivity contribution in [1.29, 1.82) is 0 Å². The van der Waals surface area contributed by atoms with E-state index < -0.39 is 5.79 Å². The molecule has 0 bridgehead atoms. The molecule has 0 fully saturated rings. The molecule has 0 saturated carbocycles. The molecule has 3 nitrogen and oxygen atoms in total. The molecule has 2 heterocycles. The zero-order valence-corrected chi connectivity index (χ0v) is 20.1. The summed E-state index contributed by atoms with van der Waals surface area (Å²) in [4.78, 5) is 10.9. The van der Waals surface area contributed by atoms with E-state index in [0.717, 1.165) is 11.3 Å². The summed E-state index contributed by atoms with van der Waals surface area (Å²) < 4.78 is 16.3. The van der Waals surface area contributed by atoms with E-state index >= 15 is 4.39 Å². The van der Waals surface area contributed by atoms with Gasteiger partial charge in [-0.15, -0.1) is 0 Å². The van der Waals surface area contributed by atoms with Gasteiger partial charge in [0.2, 0.25) is 0 Å². The maximum absolute atomic E-state index is 15.6. The summed E-state index contributed by atoms with van der Waals surface area (Å²) in [6.07, 6.45) is 0. The van der Waals surface area contributed by atoms with E-state index in [1.807, 2.05) is 11.8 Å². The Morgan fingerprint density at radius 2 is 1.90 bits per heavy atom. The zero-order chi connectivity index (χ0) is 15.5. The Morgan fingerprint density at radius 1 is 1.35 bits per heavy atom. The summed E-state index contributed by atoms with van der Waals surface area (Å²) in [5, 5.41) is 0. The first-order valence-electron chi connectivity index (χ1n) is 6.67. The van der Waals surface area contributed by atoms with Gasteiger partial charge in [-0.05, 0) is 0 Å². The van der Waals surface area contributed by atoms with Crippen LogP contribution in [0.2, 0.25) is 0 Å². The molecule has 0 aliphatic carbocycles. The van der Waals surface area contributed by atoms with Gasteiger partial charge in [0, 0.05) is 0 Å². The zero-order valence-electron chi connectivity index (χ0n) is 12.6. The number of halogens is 3. The molecule has 20 heavy (non-hydrogen) atoms. The fourth-order valence-electron chi connectivity index (χ4n) is 3.19. The average molecular weight is 527 g/mol. The van der Waals surface area contributed by atoms with Crippen molar-refractivity contribution >= 4 is 94.1 Å². The van der Waals surface area contributed by atoms with Crippen molar-refractivity contribution in [2.75, 3.05) is 0 Å². The molecule has 3 atom stereocenters. The molecule has 0 saturated heterocycles. The molecular weight excluding hydrogens is 510 g/mol. The summed E-state index contributed by atoms with van der Waals surface area (Å²) >= 11 is 4.98. The predicted molar refractivity (Wildman–Crippen MR) is 95.8 cm³/mol. The summed E-state index contributed by atoms with van der Waals surface area (Å²) in [5.41, 5.74) is 2.55. The molecule has 0 spiro atoms. The topological polar surface area (TPSA) is 29.0 Å². The van der Waals surface area contributed by atoms with Crippen LogP contribution in [0, 0.1) is 10.8 Å². The fraction of sp³-hybridized carbons (Fsp3) is 0.692. The molecule has 3 unspecified atom stereocenters. The van der Waals surface area contributed by atoms with Crippen molar-refractivity contribution in [2.45, 2.75) is 50.0 Å². The fourth-order valence-corrected chi connectivity index (χ4v) is 6.64. The van der Waals surface area contributed by atoms with Gasteiger partial charge in [-0.25, -0.2) is 0 Å². The molecule has 1 aliphatic heterocycles. The Labute approximate surface area is 181 Å². The van der Waals surface area contributed by atoms with Gasteiger partial charge < -0.3 is 0 Å². The second kappa shape index (κ2) is 6.17. The van der Waals surface area contributed by atoms with Crippen LogP contribution in [0.1, 0.15) is 44.6 Å². The van der Waals surface area contributed by atoms with E-state index in [9.17, 15) is 0 Å². The van der Waals surface area contributed by atoms with Crippen LogP contribution in [0.3, 0.4) is 0 Å². The molecule has 1 aromatic rings. The summed E-state index contributed by atoms with van der Waals surface area (Å²) in [6, 6.07) is 0.134. The van der Waals surface area contributed by atoms with Crippen LogP contribution in [0.4, 0.5) is 4.39 Å². The Balaban J connectivity index is 2.81. The standard InChI is InChI=1S/C13H17FI2N3.K/c1-6(2)19-11(15)7(3)9-8(4)17-12(16)18-10(9)13(19,5)14;/h6,11H,1-5H3;. The molecule has 1 aromatic heterocycles. The molecule has 7 heteroatoms. The van der Waals surface area contributed by atoms with Crippen LogP contribution in [-0.4, -0.2) is 73.9 Å². The SMILES string of the molecule is Cc1nc(I)nc2c1[C](C)([K])C(I)N(C(C)C)C2(C)F. The molecule has 2 rings (SSSR count). The second-order valence-corrected chi connectivity index (χ2v) is 11.7. The van der Waals surface area contributed by atoms with E-state index in [2.05, 4.69) is 75.9 Å². The van der Waals surface area contributed by atoms with Gasteiger partial charge in [-0.1, -0.05) is 0 Å². The molecule has 1 aliphatic rings. The predicted octanol–water partition coefficient (Wildman–Crippen LogP) is 3.40. The van der Waals surface area contributed by atoms with E-state index in [-0.39, 0.29) is 9.60 Å². The Kier molecular flexibility index (Phi) is 5.68. The quantitative estimate of drug-likeness (QED) is 0.185. The first-order valence-corrected chi connectivity index (χ1v) is 10.6. The minimum absolute atomic E-state index is 0.00676. The van der Waals surface area contributed by atoms with Crippen LogP contribution < -0.4 is 0 Å². The van der Waals surface area contributed by atoms with Crippen molar-refractivity contribution in [1.82, 2.24) is 14.9 Å². The number of alkyl halides is 2. The van der Waals surface area contributed by atoms with Crippen LogP contribution in [-0.2, 0) is 5.30 Å². The number of rotatable bonds is 1. The van der Waals surface area contributed by atoms with E-state index in [1.54, 1.807) is 6.92 Å². The normalized spacial score (nSPS) is 34.5. The number of hydrogen-bond acceptors (Lipinski definition) is 3. The van der Waals surface area contributed by atoms with Crippen LogP contribution >= 0.6 is 45.2 Å². The van der Waals surface area contributed by atoms with Gasteiger partial charge in [-0.3, -0.25) is 0 Å². The number of aryl methyl sites for hydroxylation is 1. The van der Waals surface area contributed by atoms with Crippen molar-refractivity contribution in [2.24, 2.45) is 0 Å². The molecule has 106 valence electrons.